The summed E-state index contributed by atoms with van der Waals surface area (Å²) in [6, 6.07) is 7.69. The van der Waals surface area contributed by atoms with E-state index in [1.54, 1.807) is 18.2 Å². The van der Waals surface area contributed by atoms with E-state index in [-0.39, 0.29) is 0 Å². The summed E-state index contributed by atoms with van der Waals surface area (Å²) in [5.41, 5.74) is 0.426. The van der Waals surface area contributed by atoms with Crippen LogP contribution in [0.1, 0.15) is 5.56 Å². The third-order valence-corrected chi connectivity index (χ3v) is 3.01. The molecule has 0 bridgehead atoms. The van der Waals surface area contributed by atoms with Gasteiger partial charge in [-0.3, -0.25) is 10.1 Å². The number of nitro groups is 1. The molecule has 2 aromatic rings. The molecule has 0 saturated carbocycles. The lowest BCUT2D eigenvalue weighted by atomic mass is 10.2. The SMILES string of the molecule is COc1cc(C)ccc1OCC(=O)Oc1cc(F)ccc1[N+](=O)[O-]. The van der Waals surface area contributed by atoms with E-state index >= 15 is 0 Å². The summed E-state index contributed by atoms with van der Waals surface area (Å²) in [5.74, 6) is -1.41. The lowest BCUT2D eigenvalue weighted by Crippen LogP contribution is -2.18. The first kappa shape index (κ1) is 17.2. The Kier molecular flexibility index (Phi) is 5.31. The number of methoxy groups -OCH3 is 1. The molecule has 8 heteroatoms. The maximum absolute atomic E-state index is 13.2. The molecule has 0 unspecified atom stereocenters. The highest BCUT2D eigenvalue weighted by molar-refractivity contribution is 5.75. The lowest BCUT2D eigenvalue weighted by Gasteiger charge is -2.11. The van der Waals surface area contributed by atoms with Gasteiger partial charge in [-0.05, 0) is 30.7 Å². The van der Waals surface area contributed by atoms with Crippen molar-refractivity contribution >= 4 is 11.7 Å². The number of hydrogen-bond acceptors (Lipinski definition) is 6. The van der Waals surface area contributed by atoms with E-state index in [1.165, 1.54) is 7.11 Å². The molecule has 2 aromatic carbocycles. The van der Waals surface area contributed by atoms with Crippen molar-refractivity contribution in [1.29, 1.82) is 0 Å². The first-order valence-corrected chi connectivity index (χ1v) is 6.82. The Hall–Kier alpha value is -3.16. The van der Waals surface area contributed by atoms with Gasteiger partial charge in [-0.15, -0.1) is 0 Å². The summed E-state index contributed by atoms with van der Waals surface area (Å²) < 4.78 is 28.4. The zero-order valence-electron chi connectivity index (χ0n) is 12.9. The first-order chi connectivity index (χ1) is 11.4. The van der Waals surface area contributed by atoms with Crippen LogP contribution in [0.5, 0.6) is 17.2 Å². The summed E-state index contributed by atoms with van der Waals surface area (Å²) in [6.45, 7) is 1.34. The lowest BCUT2D eigenvalue weighted by molar-refractivity contribution is -0.385. The average Bonchev–Trinajstić information content (AvgIpc) is 2.53. The molecule has 0 aliphatic heterocycles. The zero-order valence-corrected chi connectivity index (χ0v) is 12.9. The van der Waals surface area contributed by atoms with Gasteiger partial charge in [0.05, 0.1) is 12.0 Å². The summed E-state index contributed by atoms with van der Waals surface area (Å²) in [5, 5.41) is 10.9. The normalized spacial score (nSPS) is 10.1. The van der Waals surface area contributed by atoms with Crippen molar-refractivity contribution in [2.75, 3.05) is 13.7 Å². The highest BCUT2D eigenvalue weighted by Gasteiger charge is 2.19. The Morgan fingerprint density at radius 1 is 1.17 bits per heavy atom. The number of nitrogens with zero attached hydrogens (tertiary/aromatic N) is 1. The van der Waals surface area contributed by atoms with E-state index < -0.39 is 34.8 Å². The van der Waals surface area contributed by atoms with Gasteiger partial charge < -0.3 is 14.2 Å². The molecular formula is C16H14FNO6. The van der Waals surface area contributed by atoms with Crippen LogP contribution in [0.4, 0.5) is 10.1 Å². The van der Waals surface area contributed by atoms with Crippen molar-refractivity contribution in [2.24, 2.45) is 0 Å². The summed E-state index contributed by atoms with van der Waals surface area (Å²) in [4.78, 5) is 21.9. The van der Waals surface area contributed by atoms with Crippen molar-refractivity contribution in [3.05, 3.63) is 57.9 Å². The molecule has 7 nitrogen and oxygen atoms in total. The first-order valence-electron chi connectivity index (χ1n) is 6.82. The van der Waals surface area contributed by atoms with Gasteiger partial charge in [0.25, 0.3) is 0 Å². The number of hydrogen-bond donors (Lipinski definition) is 0. The van der Waals surface area contributed by atoms with E-state index in [0.29, 0.717) is 11.5 Å². The molecule has 126 valence electrons. The van der Waals surface area contributed by atoms with Crippen molar-refractivity contribution < 1.29 is 28.3 Å². The van der Waals surface area contributed by atoms with Crippen LogP contribution in [-0.4, -0.2) is 24.6 Å². The molecular weight excluding hydrogens is 321 g/mol. The molecule has 0 aromatic heterocycles. The predicted octanol–water partition coefficient (Wildman–Crippen LogP) is 3.04. The largest absolute Gasteiger partial charge is 0.493 e. The van der Waals surface area contributed by atoms with Gasteiger partial charge in [0.2, 0.25) is 5.75 Å². The number of benzene rings is 2. The van der Waals surface area contributed by atoms with Crippen LogP contribution >= 0.6 is 0 Å². The average molecular weight is 335 g/mol. The number of ether oxygens (including phenoxy) is 3. The van der Waals surface area contributed by atoms with Gasteiger partial charge in [-0.25, -0.2) is 9.18 Å². The van der Waals surface area contributed by atoms with Crippen LogP contribution in [0.2, 0.25) is 0 Å². The number of nitro benzene ring substituents is 1. The fraction of sp³-hybridized carbons (Fsp3) is 0.188. The smallest absolute Gasteiger partial charge is 0.349 e. The summed E-state index contributed by atoms with van der Waals surface area (Å²) >= 11 is 0. The minimum atomic E-state index is -0.911. The van der Waals surface area contributed by atoms with Gasteiger partial charge in [0.15, 0.2) is 18.1 Å². The molecule has 2 rings (SSSR count). The van der Waals surface area contributed by atoms with Gasteiger partial charge in [0.1, 0.15) is 5.82 Å². The van der Waals surface area contributed by atoms with Crippen LogP contribution in [0.25, 0.3) is 0 Å². The molecule has 0 heterocycles. The maximum atomic E-state index is 13.2. The van der Waals surface area contributed by atoms with Crippen molar-refractivity contribution in [1.82, 2.24) is 0 Å². The summed E-state index contributed by atoms with van der Waals surface area (Å²) in [6.07, 6.45) is 0. The topological polar surface area (TPSA) is 87.9 Å². The van der Waals surface area contributed by atoms with Crippen LogP contribution in [0.15, 0.2) is 36.4 Å². The molecule has 0 saturated heterocycles. The molecule has 0 aliphatic rings. The zero-order chi connectivity index (χ0) is 17.7. The standard InChI is InChI=1S/C16H14FNO6/c1-10-3-6-13(15(7-10)22-2)23-9-16(19)24-14-8-11(17)4-5-12(14)18(20)21/h3-8H,9H2,1-2H3. The molecule has 0 radical (unpaired) electrons. The number of carbonyl (C=O) groups excluding carboxylic acids is 1. The quantitative estimate of drug-likeness (QED) is 0.349. The Balaban J connectivity index is 2.07. The van der Waals surface area contributed by atoms with Crippen molar-refractivity contribution in [3.8, 4) is 17.2 Å². The monoisotopic (exact) mass is 335 g/mol. The van der Waals surface area contributed by atoms with Crippen LogP contribution in [0.3, 0.4) is 0 Å². The fourth-order valence-electron chi connectivity index (χ4n) is 1.90. The van der Waals surface area contributed by atoms with E-state index in [4.69, 9.17) is 14.2 Å². The maximum Gasteiger partial charge on any atom is 0.349 e. The molecule has 0 amide bonds. The molecule has 0 atom stereocenters. The van der Waals surface area contributed by atoms with E-state index in [0.717, 1.165) is 23.8 Å². The second kappa shape index (κ2) is 7.40. The Bertz CT molecular complexity index is 777. The highest BCUT2D eigenvalue weighted by atomic mass is 19.1. The van der Waals surface area contributed by atoms with Gasteiger partial charge in [-0.2, -0.15) is 0 Å². The van der Waals surface area contributed by atoms with E-state index in [2.05, 4.69) is 0 Å². The van der Waals surface area contributed by atoms with Gasteiger partial charge in [0, 0.05) is 12.1 Å². The minimum Gasteiger partial charge on any atom is -0.493 e. The number of carbonyl (C=O) groups is 1. The Morgan fingerprint density at radius 3 is 2.58 bits per heavy atom. The van der Waals surface area contributed by atoms with E-state index in [9.17, 15) is 19.3 Å². The predicted molar refractivity (Wildman–Crippen MR) is 81.9 cm³/mol. The minimum absolute atomic E-state index is 0.314. The van der Waals surface area contributed by atoms with Crippen LogP contribution in [-0.2, 0) is 4.79 Å². The summed E-state index contributed by atoms with van der Waals surface area (Å²) in [7, 11) is 1.45. The highest BCUT2D eigenvalue weighted by Crippen LogP contribution is 2.29. The number of esters is 1. The number of rotatable bonds is 6. The fourth-order valence-corrected chi connectivity index (χ4v) is 1.90. The second-order valence-corrected chi connectivity index (χ2v) is 4.79. The Labute approximate surface area is 136 Å². The molecule has 0 N–H and O–H groups in total. The third-order valence-electron chi connectivity index (χ3n) is 3.01. The second-order valence-electron chi connectivity index (χ2n) is 4.79. The Morgan fingerprint density at radius 2 is 1.92 bits per heavy atom. The van der Waals surface area contributed by atoms with E-state index in [1.807, 2.05) is 6.92 Å². The number of halogens is 1. The molecule has 0 spiro atoms. The molecule has 0 fully saturated rings. The van der Waals surface area contributed by atoms with Gasteiger partial charge >= 0.3 is 11.7 Å². The van der Waals surface area contributed by atoms with Gasteiger partial charge in [-0.1, -0.05) is 6.07 Å². The number of aryl methyl sites for hydroxylation is 1. The van der Waals surface area contributed by atoms with Crippen LogP contribution < -0.4 is 14.2 Å². The van der Waals surface area contributed by atoms with Crippen molar-refractivity contribution in [2.45, 2.75) is 6.92 Å². The van der Waals surface area contributed by atoms with Crippen LogP contribution in [0, 0.1) is 22.9 Å². The third kappa shape index (κ3) is 4.19. The molecule has 24 heavy (non-hydrogen) atoms. The molecule has 0 aliphatic carbocycles. The van der Waals surface area contributed by atoms with Crippen molar-refractivity contribution in [3.63, 3.8) is 0 Å².